The maximum absolute atomic E-state index is 12.3. The van der Waals surface area contributed by atoms with E-state index in [0.717, 1.165) is 10.1 Å². The summed E-state index contributed by atoms with van der Waals surface area (Å²) >= 11 is 7.52. The van der Waals surface area contributed by atoms with Gasteiger partial charge >= 0.3 is 5.97 Å². The highest BCUT2D eigenvalue weighted by Crippen LogP contribution is 2.34. The summed E-state index contributed by atoms with van der Waals surface area (Å²) in [5.41, 5.74) is 0. The van der Waals surface area contributed by atoms with Gasteiger partial charge in [0.05, 0.1) is 18.0 Å². The molecule has 0 aliphatic heterocycles. The van der Waals surface area contributed by atoms with Crippen LogP contribution in [0, 0.1) is 0 Å². The van der Waals surface area contributed by atoms with Gasteiger partial charge in [-0.1, -0.05) is 29.8 Å². The highest BCUT2D eigenvalue weighted by molar-refractivity contribution is 7.21. The number of fused-ring (bicyclic) bond motifs is 1. The lowest BCUT2D eigenvalue weighted by Gasteiger charge is -2.26. The van der Waals surface area contributed by atoms with Gasteiger partial charge in [0.25, 0.3) is 5.91 Å². The third kappa shape index (κ3) is 4.70. The molecule has 2 aromatic rings. The minimum atomic E-state index is -0.973. The lowest BCUT2D eigenvalue weighted by molar-refractivity contribution is -0.138. The van der Waals surface area contributed by atoms with E-state index in [-0.39, 0.29) is 31.5 Å². The standard InChI is InChI=1S/C17H19ClN2O4S/c1-10(2)20(8-7-14(22)23)13(21)9-19-17(24)16-15(18)11-5-3-4-6-12(11)25-16/h3-6,10H,7-9H2,1-2H3,(H,19,24)(H,22,23). The van der Waals surface area contributed by atoms with Crippen LogP contribution in [0.4, 0.5) is 0 Å². The van der Waals surface area contributed by atoms with Crippen molar-refractivity contribution in [1.29, 1.82) is 0 Å². The van der Waals surface area contributed by atoms with Crippen LogP contribution in [0.5, 0.6) is 0 Å². The molecule has 2 N–H and O–H groups in total. The monoisotopic (exact) mass is 382 g/mol. The first-order valence-corrected chi connectivity index (χ1v) is 8.97. The van der Waals surface area contributed by atoms with Gasteiger partial charge in [0.15, 0.2) is 0 Å². The van der Waals surface area contributed by atoms with E-state index in [1.165, 1.54) is 16.2 Å². The molecule has 0 aliphatic carbocycles. The summed E-state index contributed by atoms with van der Waals surface area (Å²) in [4.78, 5) is 37.1. The Bertz CT molecular complexity index is 803. The van der Waals surface area contributed by atoms with Crippen LogP contribution in [0.3, 0.4) is 0 Å². The molecule has 0 aliphatic rings. The molecule has 2 amide bonds. The minimum Gasteiger partial charge on any atom is -0.481 e. The second kappa shape index (κ2) is 8.31. The van der Waals surface area contributed by atoms with E-state index in [1.54, 1.807) is 13.8 Å². The van der Waals surface area contributed by atoms with Crippen LogP contribution in [-0.2, 0) is 9.59 Å². The topological polar surface area (TPSA) is 86.7 Å². The number of thiophene rings is 1. The molecule has 0 spiro atoms. The Morgan fingerprint density at radius 1 is 1.28 bits per heavy atom. The third-order valence-corrected chi connectivity index (χ3v) is 5.33. The molecule has 1 aromatic carbocycles. The molecule has 134 valence electrons. The molecule has 0 unspecified atom stereocenters. The number of carboxylic acids is 1. The first kappa shape index (κ1) is 19.2. The summed E-state index contributed by atoms with van der Waals surface area (Å²) in [5.74, 6) is -1.72. The lowest BCUT2D eigenvalue weighted by atomic mass is 10.2. The highest BCUT2D eigenvalue weighted by Gasteiger charge is 2.21. The first-order valence-electron chi connectivity index (χ1n) is 7.77. The quantitative estimate of drug-likeness (QED) is 0.770. The van der Waals surface area contributed by atoms with E-state index in [1.807, 2.05) is 24.3 Å². The van der Waals surface area contributed by atoms with E-state index in [0.29, 0.717) is 9.90 Å². The van der Waals surface area contributed by atoms with Crippen molar-refractivity contribution in [3.05, 3.63) is 34.2 Å². The number of carboxylic acid groups (broad SMARTS) is 1. The van der Waals surface area contributed by atoms with E-state index in [2.05, 4.69) is 5.32 Å². The molecule has 0 radical (unpaired) electrons. The van der Waals surface area contributed by atoms with Gasteiger partial charge in [0.1, 0.15) is 4.88 Å². The largest absolute Gasteiger partial charge is 0.481 e. The Morgan fingerprint density at radius 2 is 1.96 bits per heavy atom. The molecular formula is C17H19ClN2O4S. The molecule has 0 saturated heterocycles. The smallest absolute Gasteiger partial charge is 0.305 e. The number of halogens is 1. The van der Waals surface area contributed by atoms with Crippen molar-refractivity contribution in [3.8, 4) is 0 Å². The molecule has 25 heavy (non-hydrogen) atoms. The zero-order valence-corrected chi connectivity index (χ0v) is 15.5. The van der Waals surface area contributed by atoms with E-state index >= 15 is 0 Å². The van der Waals surface area contributed by atoms with Crippen LogP contribution >= 0.6 is 22.9 Å². The number of rotatable bonds is 7. The zero-order valence-electron chi connectivity index (χ0n) is 13.9. The summed E-state index contributed by atoms with van der Waals surface area (Å²) in [5, 5.41) is 12.5. The molecule has 1 aromatic heterocycles. The fourth-order valence-electron chi connectivity index (χ4n) is 2.38. The molecule has 8 heteroatoms. The summed E-state index contributed by atoms with van der Waals surface area (Å²) in [6.07, 6.45) is -0.139. The highest BCUT2D eigenvalue weighted by atomic mass is 35.5. The zero-order chi connectivity index (χ0) is 18.6. The van der Waals surface area contributed by atoms with Crippen LogP contribution in [0.1, 0.15) is 29.9 Å². The first-order chi connectivity index (χ1) is 11.8. The van der Waals surface area contributed by atoms with Crippen molar-refractivity contribution < 1.29 is 19.5 Å². The second-order valence-electron chi connectivity index (χ2n) is 5.75. The van der Waals surface area contributed by atoms with Gasteiger partial charge in [-0.05, 0) is 19.9 Å². The molecule has 1 heterocycles. The minimum absolute atomic E-state index is 0.103. The number of carbonyl (C=O) groups is 3. The number of carbonyl (C=O) groups excluding carboxylic acids is 2. The van der Waals surface area contributed by atoms with Crippen LogP contribution in [-0.4, -0.2) is 46.9 Å². The fraction of sp³-hybridized carbons (Fsp3) is 0.353. The molecule has 0 saturated carbocycles. The Labute approximate surface area is 154 Å². The van der Waals surface area contributed by atoms with Crippen LogP contribution in [0.25, 0.3) is 10.1 Å². The predicted molar refractivity (Wildman–Crippen MR) is 98.3 cm³/mol. The van der Waals surface area contributed by atoms with Crippen molar-refractivity contribution >= 4 is 50.8 Å². The maximum Gasteiger partial charge on any atom is 0.305 e. The summed E-state index contributed by atoms with van der Waals surface area (Å²) in [6.45, 7) is 3.49. The molecule has 6 nitrogen and oxygen atoms in total. The second-order valence-corrected chi connectivity index (χ2v) is 7.18. The Kier molecular flexibility index (Phi) is 6.39. The van der Waals surface area contributed by atoms with E-state index in [9.17, 15) is 14.4 Å². The van der Waals surface area contributed by atoms with E-state index < -0.39 is 11.9 Å². The Hall–Kier alpha value is -2.12. The van der Waals surface area contributed by atoms with Crippen LogP contribution in [0.15, 0.2) is 24.3 Å². The number of nitrogens with zero attached hydrogens (tertiary/aromatic N) is 1. The Morgan fingerprint density at radius 3 is 2.56 bits per heavy atom. The Balaban J connectivity index is 2.03. The van der Waals surface area contributed by atoms with Crippen LogP contribution < -0.4 is 5.32 Å². The number of hydrogen-bond acceptors (Lipinski definition) is 4. The number of hydrogen-bond donors (Lipinski definition) is 2. The number of aliphatic carboxylic acids is 1. The summed E-state index contributed by atoms with van der Waals surface area (Å²) < 4.78 is 0.897. The van der Waals surface area contributed by atoms with Gasteiger partial charge in [-0.3, -0.25) is 14.4 Å². The molecule has 2 rings (SSSR count). The average molecular weight is 383 g/mol. The summed E-state index contributed by atoms with van der Waals surface area (Å²) in [7, 11) is 0. The van der Waals surface area contributed by atoms with Gasteiger partial charge in [0, 0.05) is 22.7 Å². The maximum atomic E-state index is 12.3. The summed E-state index contributed by atoms with van der Waals surface area (Å²) in [6, 6.07) is 7.26. The van der Waals surface area contributed by atoms with Crippen molar-refractivity contribution in [3.63, 3.8) is 0 Å². The van der Waals surface area contributed by atoms with E-state index in [4.69, 9.17) is 16.7 Å². The lowest BCUT2D eigenvalue weighted by Crippen LogP contribution is -2.44. The molecular weight excluding hydrogens is 364 g/mol. The number of benzene rings is 1. The van der Waals surface area contributed by atoms with Crippen molar-refractivity contribution in [2.24, 2.45) is 0 Å². The van der Waals surface area contributed by atoms with Gasteiger partial charge in [-0.25, -0.2) is 0 Å². The van der Waals surface area contributed by atoms with Crippen molar-refractivity contribution in [1.82, 2.24) is 10.2 Å². The number of amides is 2. The van der Waals surface area contributed by atoms with Crippen molar-refractivity contribution in [2.45, 2.75) is 26.3 Å². The number of nitrogens with one attached hydrogen (secondary N) is 1. The average Bonchev–Trinajstić information content (AvgIpc) is 2.89. The molecule has 0 atom stereocenters. The predicted octanol–water partition coefficient (Wildman–Crippen LogP) is 3.00. The van der Waals surface area contributed by atoms with Gasteiger partial charge in [0.2, 0.25) is 5.91 Å². The molecule has 0 fully saturated rings. The van der Waals surface area contributed by atoms with Gasteiger partial charge in [-0.15, -0.1) is 11.3 Å². The fourth-order valence-corrected chi connectivity index (χ4v) is 3.82. The normalized spacial score (nSPS) is 10.9. The third-order valence-electron chi connectivity index (χ3n) is 3.65. The van der Waals surface area contributed by atoms with Crippen LogP contribution in [0.2, 0.25) is 5.02 Å². The SMILES string of the molecule is CC(C)N(CCC(=O)O)C(=O)CNC(=O)c1sc2ccccc2c1Cl. The van der Waals surface area contributed by atoms with Crippen molar-refractivity contribution in [2.75, 3.05) is 13.1 Å². The van der Waals surface area contributed by atoms with Gasteiger partial charge in [-0.2, -0.15) is 0 Å². The van der Waals surface area contributed by atoms with Gasteiger partial charge < -0.3 is 15.3 Å². The molecule has 0 bridgehead atoms.